The van der Waals surface area contributed by atoms with E-state index in [1.807, 2.05) is 0 Å². The minimum Gasteiger partial charge on any atom is -0.478 e. The van der Waals surface area contributed by atoms with E-state index in [-0.39, 0.29) is 10.5 Å². The Kier molecular flexibility index (Phi) is 5.12. The number of nitrogen functional groups attached to an aromatic ring is 1. The summed E-state index contributed by atoms with van der Waals surface area (Å²) < 4.78 is 21.5. The molecule has 0 amide bonds. The summed E-state index contributed by atoms with van der Waals surface area (Å²) in [6.45, 7) is 0. The second-order valence-corrected chi connectivity index (χ2v) is 5.04. The number of aromatic carboxylic acids is 1. The lowest BCUT2D eigenvalue weighted by molar-refractivity contribution is 0.0696. The number of anilines is 1. The Morgan fingerprint density at radius 3 is 1.90 bits per heavy atom. The van der Waals surface area contributed by atoms with Gasteiger partial charge in [-0.2, -0.15) is 0 Å². The third kappa shape index (κ3) is 5.00. The molecule has 0 aliphatic rings. The summed E-state index contributed by atoms with van der Waals surface area (Å²) in [4.78, 5) is 17.6. The quantitative estimate of drug-likeness (QED) is 0.710. The Morgan fingerprint density at radius 2 is 1.60 bits per heavy atom. The van der Waals surface area contributed by atoms with Gasteiger partial charge in [-0.1, -0.05) is 0 Å². The molecule has 2 aromatic rings. The van der Waals surface area contributed by atoms with Crippen molar-refractivity contribution in [2.45, 2.75) is 4.90 Å². The number of benzene rings is 1. The molecule has 0 saturated heterocycles. The highest BCUT2D eigenvalue weighted by Crippen LogP contribution is 2.08. The highest BCUT2D eigenvalue weighted by molar-refractivity contribution is 7.89. The van der Waals surface area contributed by atoms with Gasteiger partial charge in [-0.25, -0.2) is 28.3 Å². The van der Waals surface area contributed by atoms with Crippen LogP contribution in [0.2, 0.25) is 0 Å². The van der Waals surface area contributed by atoms with Crippen LogP contribution in [0.1, 0.15) is 10.4 Å². The van der Waals surface area contributed by atoms with Crippen molar-refractivity contribution in [1.82, 2.24) is 9.97 Å². The van der Waals surface area contributed by atoms with Crippen LogP contribution in [0.25, 0.3) is 0 Å². The SMILES string of the molecule is NS(=O)(=O)c1ccc(C(=O)O)cc1.Nc1ncccn1. The van der Waals surface area contributed by atoms with Crippen LogP contribution in [0.5, 0.6) is 0 Å². The predicted octanol–water partition coefficient (Wildman–Crippen LogP) is 0.0910. The van der Waals surface area contributed by atoms with Gasteiger partial charge in [0.2, 0.25) is 16.0 Å². The lowest BCUT2D eigenvalue weighted by atomic mass is 10.2. The summed E-state index contributed by atoms with van der Waals surface area (Å²) in [5.74, 6) is -0.788. The molecule has 0 aliphatic heterocycles. The van der Waals surface area contributed by atoms with Crippen LogP contribution < -0.4 is 10.9 Å². The number of rotatable bonds is 2. The van der Waals surface area contributed by atoms with Crippen molar-refractivity contribution in [1.29, 1.82) is 0 Å². The smallest absolute Gasteiger partial charge is 0.335 e. The highest BCUT2D eigenvalue weighted by Gasteiger charge is 2.08. The average molecular weight is 296 g/mol. The topological polar surface area (TPSA) is 149 Å². The van der Waals surface area contributed by atoms with E-state index in [2.05, 4.69) is 9.97 Å². The third-order valence-electron chi connectivity index (χ3n) is 2.02. The van der Waals surface area contributed by atoms with Crippen LogP contribution in [0.4, 0.5) is 5.95 Å². The highest BCUT2D eigenvalue weighted by atomic mass is 32.2. The van der Waals surface area contributed by atoms with Gasteiger partial charge >= 0.3 is 5.97 Å². The molecule has 2 rings (SSSR count). The van der Waals surface area contributed by atoms with Crippen LogP contribution in [-0.2, 0) is 10.0 Å². The van der Waals surface area contributed by atoms with E-state index in [4.69, 9.17) is 16.0 Å². The molecule has 0 fully saturated rings. The van der Waals surface area contributed by atoms with Crippen molar-refractivity contribution in [2.75, 3.05) is 5.73 Å². The number of hydrogen-bond acceptors (Lipinski definition) is 6. The lowest BCUT2D eigenvalue weighted by Gasteiger charge is -1.97. The van der Waals surface area contributed by atoms with Gasteiger partial charge in [-0.15, -0.1) is 0 Å². The molecule has 0 saturated carbocycles. The van der Waals surface area contributed by atoms with Gasteiger partial charge in [0.1, 0.15) is 0 Å². The Bertz CT molecular complexity index is 671. The van der Waals surface area contributed by atoms with Crippen molar-refractivity contribution in [3.05, 3.63) is 48.3 Å². The number of aromatic nitrogens is 2. The molecule has 0 spiro atoms. The molecule has 0 unspecified atom stereocenters. The van der Waals surface area contributed by atoms with Gasteiger partial charge < -0.3 is 10.8 Å². The van der Waals surface area contributed by atoms with Crippen LogP contribution in [0, 0.1) is 0 Å². The van der Waals surface area contributed by atoms with E-state index in [0.717, 1.165) is 12.1 Å². The van der Waals surface area contributed by atoms with Crippen LogP contribution in [0.15, 0.2) is 47.6 Å². The Morgan fingerprint density at radius 1 is 1.10 bits per heavy atom. The lowest BCUT2D eigenvalue weighted by Crippen LogP contribution is -2.12. The Hall–Kier alpha value is -2.52. The fourth-order valence-electron chi connectivity index (χ4n) is 1.10. The molecule has 106 valence electrons. The van der Waals surface area contributed by atoms with Crippen LogP contribution in [-0.4, -0.2) is 29.5 Å². The van der Waals surface area contributed by atoms with E-state index in [9.17, 15) is 13.2 Å². The maximum atomic E-state index is 10.7. The van der Waals surface area contributed by atoms with E-state index < -0.39 is 16.0 Å². The molecule has 1 aromatic carbocycles. The van der Waals surface area contributed by atoms with E-state index in [0.29, 0.717) is 5.95 Å². The van der Waals surface area contributed by atoms with Crippen molar-refractivity contribution < 1.29 is 18.3 Å². The molecule has 5 N–H and O–H groups in total. The standard InChI is InChI=1S/C7H7NO4S.C4H5N3/c8-13(11,12)6-3-1-5(2-4-6)7(9)10;5-4-6-2-1-3-7-4/h1-4H,(H,9,10)(H2,8,11,12);1-3H,(H2,5,6,7). The monoisotopic (exact) mass is 296 g/mol. The molecule has 0 aliphatic carbocycles. The number of hydrogen-bond donors (Lipinski definition) is 3. The van der Waals surface area contributed by atoms with Crippen molar-refractivity contribution in [3.63, 3.8) is 0 Å². The number of sulfonamides is 1. The Balaban J connectivity index is 0.000000240. The fourth-order valence-corrected chi connectivity index (χ4v) is 1.61. The van der Waals surface area contributed by atoms with E-state index in [1.165, 1.54) is 12.1 Å². The van der Waals surface area contributed by atoms with Crippen molar-refractivity contribution in [3.8, 4) is 0 Å². The van der Waals surface area contributed by atoms with Crippen LogP contribution >= 0.6 is 0 Å². The van der Waals surface area contributed by atoms with Crippen molar-refractivity contribution in [2.24, 2.45) is 5.14 Å². The zero-order valence-electron chi connectivity index (χ0n) is 10.2. The normalized spacial score (nSPS) is 10.2. The molecule has 8 nitrogen and oxygen atoms in total. The number of nitrogens with zero attached hydrogens (tertiary/aromatic N) is 2. The summed E-state index contributed by atoms with van der Waals surface area (Å²) in [6, 6.07) is 6.39. The summed E-state index contributed by atoms with van der Waals surface area (Å²) in [7, 11) is -3.74. The first-order chi connectivity index (χ1) is 9.30. The second kappa shape index (κ2) is 6.59. The maximum absolute atomic E-state index is 10.7. The van der Waals surface area contributed by atoms with Gasteiger partial charge in [-0.3, -0.25) is 0 Å². The Labute approximate surface area is 115 Å². The zero-order valence-corrected chi connectivity index (χ0v) is 11.0. The van der Waals surface area contributed by atoms with Gasteiger partial charge in [0.15, 0.2) is 0 Å². The predicted molar refractivity (Wildman–Crippen MR) is 71.2 cm³/mol. The number of primary sulfonamides is 1. The molecule has 20 heavy (non-hydrogen) atoms. The summed E-state index contributed by atoms with van der Waals surface area (Å²) in [5, 5.41) is 13.3. The van der Waals surface area contributed by atoms with Crippen LogP contribution in [0.3, 0.4) is 0 Å². The molecule has 0 radical (unpaired) electrons. The first-order valence-electron chi connectivity index (χ1n) is 5.19. The van der Waals surface area contributed by atoms with Gasteiger partial charge in [0.05, 0.1) is 10.5 Å². The first kappa shape index (κ1) is 15.5. The molecule has 0 atom stereocenters. The summed E-state index contributed by atoms with van der Waals surface area (Å²) >= 11 is 0. The second-order valence-electron chi connectivity index (χ2n) is 3.48. The largest absolute Gasteiger partial charge is 0.478 e. The number of carboxylic acid groups (broad SMARTS) is 1. The van der Waals surface area contributed by atoms with Gasteiger partial charge in [0, 0.05) is 12.4 Å². The van der Waals surface area contributed by atoms with Crippen molar-refractivity contribution >= 4 is 21.9 Å². The van der Waals surface area contributed by atoms with Gasteiger partial charge in [-0.05, 0) is 30.3 Å². The summed E-state index contributed by atoms with van der Waals surface area (Å²) in [6.07, 6.45) is 3.20. The summed E-state index contributed by atoms with van der Waals surface area (Å²) in [5.41, 5.74) is 5.16. The third-order valence-corrected chi connectivity index (χ3v) is 2.94. The number of nitrogens with two attached hydrogens (primary N) is 2. The number of carboxylic acids is 1. The molecular formula is C11H12N4O4S. The molecular weight excluding hydrogens is 284 g/mol. The minimum atomic E-state index is -3.74. The molecule has 1 heterocycles. The van der Waals surface area contributed by atoms with E-state index >= 15 is 0 Å². The van der Waals surface area contributed by atoms with Gasteiger partial charge in [0.25, 0.3) is 0 Å². The molecule has 9 heteroatoms. The zero-order chi connectivity index (χ0) is 15.2. The average Bonchev–Trinajstić information content (AvgIpc) is 2.39. The fraction of sp³-hybridized carbons (Fsp3) is 0. The van der Waals surface area contributed by atoms with E-state index in [1.54, 1.807) is 18.5 Å². The molecule has 0 bridgehead atoms. The maximum Gasteiger partial charge on any atom is 0.335 e. The minimum absolute atomic E-state index is 0.0207. The number of carbonyl (C=O) groups is 1. The molecule has 1 aromatic heterocycles. The first-order valence-corrected chi connectivity index (χ1v) is 6.74.